The summed E-state index contributed by atoms with van der Waals surface area (Å²) in [5.74, 6) is 0.302. The molecule has 0 bridgehead atoms. The third-order valence-corrected chi connectivity index (χ3v) is 6.37. The average Bonchev–Trinajstić information content (AvgIpc) is 2.86. The highest BCUT2D eigenvalue weighted by Gasteiger charge is 2.43. The summed E-state index contributed by atoms with van der Waals surface area (Å²) in [6.07, 6.45) is 0.892. The Bertz CT molecular complexity index is 1300. The zero-order valence-electron chi connectivity index (χ0n) is 21.3. The van der Waals surface area contributed by atoms with Gasteiger partial charge in [0.05, 0.1) is 12.5 Å². The van der Waals surface area contributed by atoms with Crippen molar-refractivity contribution in [1.29, 1.82) is 5.26 Å². The second-order valence-electron chi connectivity index (χ2n) is 9.89. The van der Waals surface area contributed by atoms with E-state index in [1.807, 2.05) is 51.1 Å². The maximum Gasteiger partial charge on any atom is 0.258 e. The maximum absolute atomic E-state index is 13.2. The standard InChI is InChI=1S/C29H31N3O5/c1-4-35-23-12-19(10-11-22(23)36-17-25(34)32-16-18-8-6-5-7-9-18)26-20(15-30)28(31)37-24-14-29(2,3)13-21(33)27(24)26/h5-12,26H,4,13-14,16-17,31H2,1-3H3,(H,32,34). The smallest absolute Gasteiger partial charge is 0.258 e. The summed E-state index contributed by atoms with van der Waals surface area (Å²) in [5, 5.41) is 12.7. The summed E-state index contributed by atoms with van der Waals surface area (Å²) in [6, 6.07) is 16.9. The number of ether oxygens (including phenoxy) is 3. The minimum absolute atomic E-state index is 0.00474. The first kappa shape index (κ1) is 25.8. The van der Waals surface area contributed by atoms with Crippen molar-refractivity contribution in [3.63, 3.8) is 0 Å². The quantitative estimate of drug-likeness (QED) is 0.555. The van der Waals surface area contributed by atoms with Crippen LogP contribution in [0.2, 0.25) is 0 Å². The Hall–Kier alpha value is -4.25. The second-order valence-corrected chi connectivity index (χ2v) is 9.89. The molecule has 4 rings (SSSR count). The van der Waals surface area contributed by atoms with Crippen LogP contribution in [-0.2, 0) is 20.9 Å². The van der Waals surface area contributed by atoms with Gasteiger partial charge in [-0.1, -0.05) is 50.2 Å². The first-order valence-electron chi connectivity index (χ1n) is 12.3. The van der Waals surface area contributed by atoms with Gasteiger partial charge in [0.1, 0.15) is 17.4 Å². The van der Waals surface area contributed by atoms with Crippen molar-refractivity contribution in [1.82, 2.24) is 5.32 Å². The number of nitriles is 1. The summed E-state index contributed by atoms with van der Waals surface area (Å²) >= 11 is 0. The molecular weight excluding hydrogens is 470 g/mol. The summed E-state index contributed by atoms with van der Waals surface area (Å²) in [5.41, 5.74) is 8.15. The van der Waals surface area contributed by atoms with Crippen LogP contribution < -0.4 is 20.5 Å². The van der Waals surface area contributed by atoms with Gasteiger partial charge in [-0.3, -0.25) is 9.59 Å². The molecule has 2 aromatic carbocycles. The molecule has 1 heterocycles. The van der Waals surface area contributed by atoms with Crippen molar-refractivity contribution >= 4 is 11.7 Å². The lowest BCUT2D eigenvalue weighted by molar-refractivity contribution is -0.123. The first-order chi connectivity index (χ1) is 17.7. The minimum Gasteiger partial charge on any atom is -0.490 e. The molecular formula is C29H31N3O5. The van der Waals surface area contributed by atoms with Crippen LogP contribution in [0.1, 0.15) is 50.7 Å². The molecule has 8 nitrogen and oxygen atoms in total. The molecule has 0 radical (unpaired) electrons. The van der Waals surface area contributed by atoms with Gasteiger partial charge in [0.2, 0.25) is 5.88 Å². The van der Waals surface area contributed by atoms with E-state index in [2.05, 4.69) is 11.4 Å². The molecule has 0 spiro atoms. The van der Waals surface area contributed by atoms with Gasteiger partial charge in [-0.2, -0.15) is 5.26 Å². The van der Waals surface area contributed by atoms with Crippen LogP contribution in [0.5, 0.6) is 11.5 Å². The van der Waals surface area contributed by atoms with Crippen molar-refractivity contribution in [2.24, 2.45) is 11.1 Å². The number of carbonyl (C=O) groups is 2. The maximum atomic E-state index is 13.2. The van der Waals surface area contributed by atoms with E-state index in [0.717, 1.165) is 5.56 Å². The van der Waals surface area contributed by atoms with Crippen molar-refractivity contribution in [2.45, 2.75) is 46.1 Å². The number of benzene rings is 2. The van der Waals surface area contributed by atoms with Crippen LogP contribution in [0.4, 0.5) is 0 Å². The molecule has 2 aliphatic rings. The Morgan fingerprint density at radius 2 is 1.92 bits per heavy atom. The van der Waals surface area contributed by atoms with Gasteiger partial charge in [-0.15, -0.1) is 0 Å². The molecule has 37 heavy (non-hydrogen) atoms. The topological polar surface area (TPSA) is 124 Å². The number of nitrogens with zero attached hydrogens (tertiary/aromatic N) is 1. The summed E-state index contributed by atoms with van der Waals surface area (Å²) in [4.78, 5) is 25.6. The lowest BCUT2D eigenvalue weighted by Gasteiger charge is -2.37. The highest BCUT2D eigenvalue weighted by molar-refractivity contribution is 6.00. The van der Waals surface area contributed by atoms with E-state index in [1.54, 1.807) is 18.2 Å². The fourth-order valence-electron chi connectivity index (χ4n) is 4.70. The Morgan fingerprint density at radius 1 is 1.16 bits per heavy atom. The van der Waals surface area contributed by atoms with Crippen LogP contribution in [0.15, 0.2) is 71.3 Å². The van der Waals surface area contributed by atoms with Crippen LogP contribution in [0.3, 0.4) is 0 Å². The first-order valence-corrected chi connectivity index (χ1v) is 12.3. The van der Waals surface area contributed by atoms with E-state index in [0.29, 0.717) is 54.4 Å². The van der Waals surface area contributed by atoms with E-state index in [4.69, 9.17) is 19.9 Å². The summed E-state index contributed by atoms with van der Waals surface area (Å²) in [7, 11) is 0. The number of ketones is 1. The normalized spacial score (nSPS) is 18.4. The predicted octanol–water partition coefficient (Wildman–Crippen LogP) is 4.23. The Kier molecular flexibility index (Phi) is 7.53. The molecule has 192 valence electrons. The van der Waals surface area contributed by atoms with E-state index in [-0.39, 0.29) is 35.2 Å². The Balaban J connectivity index is 1.58. The number of amides is 1. The number of Topliss-reactive ketones (excluding diaryl/α,β-unsaturated/α-hetero) is 1. The molecule has 1 aliphatic carbocycles. The largest absolute Gasteiger partial charge is 0.490 e. The number of hydrogen-bond donors (Lipinski definition) is 2. The molecule has 8 heteroatoms. The molecule has 0 fully saturated rings. The van der Waals surface area contributed by atoms with Crippen LogP contribution in [0.25, 0.3) is 0 Å². The van der Waals surface area contributed by atoms with Gasteiger partial charge in [0.25, 0.3) is 5.91 Å². The zero-order chi connectivity index (χ0) is 26.6. The number of allylic oxidation sites excluding steroid dienone is 3. The number of hydrogen-bond acceptors (Lipinski definition) is 7. The van der Waals surface area contributed by atoms with Crippen molar-refractivity contribution < 1.29 is 23.8 Å². The van der Waals surface area contributed by atoms with Crippen molar-refractivity contribution in [2.75, 3.05) is 13.2 Å². The van der Waals surface area contributed by atoms with E-state index >= 15 is 0 Å². The molecule has 0 saturated carbocycles. The van der Waals surface area contributed by atoms with E-state index in [1.165, 1.54) is 0 Å². The molecule has 1 unspecified atom stereocenters. The van der Waals surface area contributed by atoms with Gasteiger partial charge in [-0.05, 0) is 35.6 Å². The highest BCUT2D eigenvalue weighted by Crippen LogP contribution is 2.48. The molecule has 3 N–H and O–H groups in total. The van der Waals surface area contributed by atoms with Gasteiger partial charge in [0.15, 0.2) is 23.9 Å². The fourth-order valence-corrected chi connectivity index (χ4v) is 4.70. The molecule has 2 aromatic rings. The van der Waals surface area contributed by atoms with Crippen LogP contribution in [-0.4, -0.2) is 24.9 Å². The summed E-state index contributed by atoms with van der Waals surface area (Å²) < 4.78 is 17.3. The predicted molar refractivity (Wildman–Crippen MR) is 137 cm³/mol. The molecule has 0 aromatic heterocycles. The van der Waals surface area contributed by atoms with Gasteiger partial charge >= 0.3 is 0 Å². The van der Waals surface area contributed by atoms with Crippen molar-refractivity contribution in [3.8, 4) is 17.6 Å². The Labute approximate surface area is 216 Å². The number of nitrogens with one attached hydrogen (secondary N) is 1. The van der Waals surface area contributed by atoms with E-state index in [9.17, 15) is 14.9 Å². The molecule has 1 amide bonds. The van der Waals surface area contributed by atoms with Crippen LogP contribution >= 0.6 is 0 Å². The number of rotatable bonds is 8. The molecule has 1 atom stereocenters. The van der Waals surface area contributed by atoms with Crippen LogP contribution in [0, 0.1) is 16.7 Å². The third-order valence-electron chi connectivity index (χ3n) is 6.37. The molecule has 1 aliphatic heterocycles. The van der Waals surface area contributed by atoms with Gasteiger partial charge in [-0.25, -0.2) is 0 Å². The van der Waals surface area contributed by atoms with E-state index < -0.39 is 5.92 Å². The third kappa shape index (κ3) is 5.78. The fraction of sp³-hybridized carbons (Fsp3) is 0.345. The lowest BCUT2D eigenvalue weighted by Crippen LogP contribution is -2.33. The highest BCUT2D eigenvalue weighted by atomic mass is 16.5. The summed E-state index contributed by atoms with van der Waals surface area (Å²) in [6.45, 7) is 6.41. The van der Waals surface area contributed by atoms with Gasteiger partial charge < -0.3 is 25.3 Å². The monoisotopic (exact) mass is 501 g/mol. The van der Waals surface area contributed by atoms with Crippen molar-refractivity contribution in [3.05, 3.63) is 82.4 Å². The number of carbonyl (C=O) groups excluding carboxylic acids is 2. The lowest BCUT2D eigenvalue weighted by atomic mass is 9.70. The van der Waals surface area contributed by atoms with Gasteiger partial charge in [0, 0.05) is 25.0 Å². The Morgan fingerprint density at radius 3 is 2.62 bits per heavy atom. The second kappa shape index (κ2) is 10.8. The minimum atomic E-state index is -0.667. The average molecular weight is 502 g/mol. The zero-order valence-corrected chi connectivity index (χ0v) is 21.3. The number of nitrogens with two attached hydrogens (primary N) is 1. The molecule has 0 saturated heterocycles. The SMILES string of the molecule is CCOc1cc(C2C(C#N)=C(N)OC3=C2C(=O)CC(C)(C)C3)ccc1OCC(=O)NCc1ccccc1.